The smallest absolute Gasteiger partial charge is 0.321 e. The summed E-state index contributed by atoms with van der Waals surface area (Å²) in [4.78, 5) is 0. The van der Waals surface area contributed by atoms with Crippen LogP contribution in [0.1, 0.15) is 38.7 Å². The van der Waals surface area contributed by atoms with Gasteiger partial charge in [-0.05, 0) is 37.3 Å². The highest BCUT2D eigenvalue weighted by Crippen LogP contribution is 2.09. The predicted molar refractivity (Wildman–Crippen MR) is 79.2 cm³/mol. The lowest BCUT2D eigenvalue weighted by molar-refractivity contribution is 0.196. The Morgan fingerprint density at radius 1 is 0.944 bits per heavy atom. The summed E-state index contributed by atoms with van der Waals surface area (Å²) in [6.45, 7) is 6.00. The SMILES string of the molecule is CCCO[SiH](CCCc1ccccc1)OCCC. The van der Waals surface area contributed by atoms with Crippen molar-refractivity contribution in [3.8, 4) is 0 Å². The Hall–Kier alpha value is -0.643. The van der Waals surface area contributed by atoms with Crippen LogP contribution in [0.4, 0.5) is 0 Å². The van der Waals surface area contributed by atoms with Crippen molar-refractivity contribution < 1.29 is 8.85 Å². The minimum Gasteiger partial charge on any atom is -0.397 e. The molecular weight excluding hydrogens is 240 g/mol. The van der Waals surface area contributed by atoms with Gasteiger partial charge in [-0.15, -0.1) is 0 Å². The van der Waals surface area contributed by atoms with Crippen molar-refractivity contribution in [2.75, 3.05) is 13.2 Å². The highest BCUT2D eigenvalue weighted by molar-refractivity contribution is 6.44. The molecule has 3 heteroatoms. The van der Waals surface area contributed by atoms with E-state index >= 15 is 0 Å². The van der Waals surface area contributed by atoms with Crippen LogP contribution in [0.2, 0.25) is 6.04 Å². The van der Waals surface area contributed by atoms with Gasteiger partial charge in [0.1, 0.15) is 0 Å². The van der Waals surface area contributed by atoms with Crippen LogP contribution in [-0.2, 0) is 15.3 Å². The summed E-state index contributed by atoms with van der Waals surface area (Å²) in [5.74, 6) is 0. The van der Waals surface area contributed by atoms with E-state index in [0.717, 1.165) is 38.5 Å². The average Bonchev–Trinajstić information content (AvgIpc) is 2.42. The molecule has 0 aromatic heterocycles. The number of hydrogen-bond acceptors (Lipinski definition) is 2. The fraction of sp³-hybridized carbons (Fsp3) is 0.600. The summed E-state index contributed by atoms with van der Waals surface area (Å²) in [6.07, 6.45) is 4.47. The first kappa shape index (κ1) is 15.4. The van der Waals surface area contributed by atoms with Gasteiger partial charge in [0.15, 0.2) is 0 Å². The van der Waals surface area contributed by atoms with E-state index in [-0.39, 0.29) is 0 Å². The fourth-order valence-electron chi connectivity index (χ4n) is 1.83. The zero-order valence-corrected chi connectivity index (χ0v) is 12.9. The lowest BCUT2D eigenvalue weighted by Crippen LogP contribution is -2.24. The fourth-order valence-corrected chi connectivity index (χ4v) is 3.80. The van der Waals surface area contributed by atoms with Gasteiger partial charge in [-0.25, -0.2) is 0 Å². The normalized spacial score (nSPS) is 11.1. The molecule has 1 aromatic carbocycles. The zero-order chi connectivity index (χ0) is 13.1. The maximum atomic E-state index is 5.85. The summed E-state index contributed by atoms with van der Waals surface area (Å²) in [5, 5.41) is 0. The maximum absolute atomic E-state index is 5.85. The van der Waals surface area contributed by atoms with E-state index in [1.807, 2.05) is 0 Å². The van der Waals surface area contributed by atoms with Crippen LogP contribution in [0, 0.1) is 0 Å². The molecule has 0 amide bonds. The van der Waals surface area contributed by atoms with Crippen LogP contribution in [0.5, 0.6) is 0 Å². The van der Waals surface area contributed by atoms with Crippen LogP contribution < -0.4 is 0 Å². The van der Waals surface area contributed by atoms with Crippen molar-refractivity contribution in [2.45, 2.75) is 45.6 Å². The lowest BCUT2D eigenvalue weighted by atomic mass is 10.1. The highest BCUT2D eigenvalue weighted by Gasteiger charge is 2.12. The van der Waals surface area contributed by atoms with Crippen LogP contribution in [-0.4, -0.2) is 22.5 Å². The molecule has 0 aliphatic carbocycles. The number of aryl methyl sites for hydroxylation is 1. The Morgan fingerprint density at radius 2 is 1.56 bits per heavy atom. The van der Waals surface area contributed by atoms with Crippen molar-refractivity contribution in [2.24, 2.45) is 0 Å². The molecule has 0 heterocycles. The van der Waals surface area contributed by atoms with Gasteiger partial charge in [-0.3, -0.25) is 0 Å². The third kappa shape index (κ3) is 6.94. The second-order valence-electron chi connectivity index (χ2n) is 4.55. The van der Waals surface area contributed by atoms with Crippen molar-refractivity contribution >= 4 is 9.28 Å². The molecule has 0 fully saturated rings. The van der Waals surface area contributed by atoms with E-state index in [1.165, 1.54) is 12.0 Å². The summed E-state index contributed by atoms with van der Waals surface area (Å²) in [6, 6.07) is 11.8. The van der Waals surface area contributed by atoms with Crippen LogP contribution in [0.15, 0.2) is 30.3 Å². The van der Waals surface area contributed by atoms with Gasteiger partial charge in [-0.1, -0.05) is 44.2 Å². The molecule has 0 atom stereocenters. The molecule has 1 aromatic rings. The largest absolute Gasteiger partial charge is 0.397 e. The molecular formula is C15H26O2Si. The highest BCUT2D eigenvalue weighted by atomic mass is 28.3. The Bertz CT molecular complexity index is 282. The standard InChI is InChI=1S/C15H26O2Si/c1-3-12-16-18(17-13-4-2)14-8-11-15-9-6-5-7-10-15/h5-7,9-10,18H,3-4,8,11-14H2,1-2H3. The van der Waals surface area contributed by atoms with E-state index in [4.69, 9.17) is 8.85 Å². The Balaban J connectivity index is 2.23. The molecule has 0 aliphatic rings. The van der Waals surface area contributed by atoms with Gasteiger partial charge in [0, 0.05) is 13.2 Å². The zero-order valence-electron chi connectivity index (χ0n) is 11.7. The third-order valence-electron chi connectivity index (χ3n) is 2.76. The molecule has 1 rings (SSSR count). The van der Waals surface area contributed by atoms with Crippen molar-refractivity contribution in [1.82, 2.24) is 0 Å². The van der Waals surface area contributed by atoms with Gasteiger partial charge in [0.05, 0.1) is 0 Å². The quantitative estimate of drug-likeness (QED) is 0.601. The number of rotatable bonds is 10. The van der Waals surface area contributed by atoms with Crippen LogP contribution in [0.25, 0.3) is 0 Å². The van der Waals surface area contributed by atoms with Crippen molar-refractivity contribution in [3.05, 3.63) is 35.9 Å². The Labute approximate surface area is 113 Å². The molecule has 0 unspecified atom stereocenters. The van der Waals surface area contributed by atoms with E-state index < -0.39 is 9.28 Å². The summed E-state index contributed by atoms with van der Waals surface area (Å²) in [5.41, 5.74) is 1.41. The predicted octanol–water partition coefficient (Wildman–Crippen LogP) is 3.69. The Morgan fingerprint density at radius 3 is 2.11 bits per heavy atom. The van der Waals surface area contributed by atoms with E-state index in [9.17, 15) is 0 Å². The molecule has 2 nitrogen and oxygen atoms in total. The first-order valence-corrected chi connectivity index (χ1v) is 8.89. The molecule has 0 spiro atoms. The summed E-state index contributed by atoms with van der Waals surface area (Å²) < 4.78 is 11.7. The molecule has 18 heavy (non-hydrogen) atoms. The van der Waals surface area contributed by atoms with Crippen LogP contribution >= 0.6 is 0 Å². The maximum Gasteiger partial charge on any atom is 0.321 e. The van der Waals surface area contributed by atoms with E-state index in [1.54, 1.807) is 0 Å². The van der Waals surface area contributed by atoms with Gasteiger partial charge in [-0.2, -0.15) is 0 Å². The first-order valence-electron chi connectivity index (χ1n) is 7.14. The van der Waals surface area contributed by atoms with Crippen molar-refractivity contribution in [3.63, 3.8) is 0 Å². The monoisotopic (exact) mass is 266 g/mol. The minimum absolute atomic E-state index is 0.853. The lowest BCUT2D eigenvalue weighted by Gasteiger charge is -2.16. The summed E-state index contributed by atoms with van der Waals surface area (Å²) >= 11 is 0. The molecule has 0 aliphatic heterocycles. The topological polar surface area (TPSA) is 18.5 Å². The molecule has 0 saturated carbocycles. The molecule has 0 saturated heterocycles. The molecule has 0 N–H and O–H groups in total. The van der Waals surface area contributed by atoms with Gasteiger partial charge in [0.25, 0.3) is 0 Å². The van der Waals surface area contributed by atoms with Crippen molar-refractivity contribution in [1.29, 1.82) is 0 Å². The second-order valence-corrected chi connectivity index (χ2v) is 6.65. The molecule has 102 valence electrons. The second kappa shape index (κ2) is 10.3. The van der Waals surface area contributed by atoms with E-state index in [0.29, 0.717) is 0 Å². The minimum atomic E-state index is -1.41. The number of hydrogen-bond donors (Lipinski definition) is 0. The summed E-state index contributed by atoms with van der Waals surface area (Å²) in [7, 11) is -1.41. The van der Waals surface area contributed by atoms with Gasteiger partial charge >= 0.3 is 9.28 Å². The van der Waals surface area contributed by atoms with Gasteiger partial charge in [0.2, 0.25) is 0 Å². The number of benzene rings is 1. The molecule has 0 bridgehead atoms. The molecule has 0 radical (unpaired) electrons. The van der Waals surface area contributed by atoms with Gasteiger partial charge < -0.3 is 8.85 Å². The first-order chi connectivity index (χ1) is 8.86. The average molecular weight is 266 g/mol. The Kier molecular flexibility index (Phi) is 8.82. The third-order valence-corrected chi connectivity index (χ3v) is 4.86. The van der Waals surface area contributed by atoms with E-state index in [2.05, 4.69) is 44.2 Å². The van der Waals surface area contributed by atoms with Crippen LogP contribution in [0.3, 0.4) is 0 Å².